The molecule has 9 heteroatoms. The number of carbonyl (C=O) groups is 1. The second-order valence-electron chi connectivity index (χ2n) is 6.80. The number of carbonyl (C=O) groups excluding carboxylic acids is 1. The molecule has 3 rings (SSSR count). The maximum absolute atomic E-state index is 14.0. The van der Waals surface area contributed by atoms with Crippen molar-refractivity contribution in [3.05, 3.63) is 78.6 Å². The van der Waals surface area contributed by atoms with E-state index in [1.165, 1.54) is 18.2 Å². The van der Waals surface area contributed by atoms with Crippen LogP contribution in [0.4, 0.5) is 10.1 Å². The van der Waals surface area contributed by atoms with Gasteiger partial charge in [0.1, 0.15) is 5.82 Å². The van der Waals surface area contributed by atoms with Gasteiger partial charge in [0.05, 0.1) is 18.3 Å². The SMILES string of the molecule is CS(=O)(=O)N(CCCC(=O)NCc1ccc(-n2ccnc2)cc1)c1ccccc1F. The summed E-state index contributed by atoms with van der Waals surface area (Å²) in [6.45, 7) is 0.388. The van der Waals surface area contributed by atoms with Crippen molar-refractivity contribution in [1.82, 2.24) is 14.9 Å². The van der Waals surface area contributed by atoms with Gasteiger partial charge in [-0.3, -0.25) is 9.10 Å². The number of benzene rings is 2. The van der Waals surface area contributed by atoms with E-state index in [2.05, 4.69) is 10.3 Å². The van der Waals surface area contributed by atoms with E-state index in [-0.39, 0.29) is 31.0 Å². The van der Waals surface area contributed by atoms with Crippen LogP contribution in [0.1, 0.15) is 18.4 Å². The number of para-hydroxylation sites is 1. The van der Waals surface area contributed by atoms with Gasteiger partial charge in [0.15, 0.2) is 0 Å². The molecule has 0 saturated carbocycles. The van der Waals surface area contributed by atoms with Crippen molar-refractivity contribution in [2.75, 3.05) is 17.1 Å². The lowest BCUT2D eigenvalue weighted by Crippen LogP contribution is -2.32. The normalized spacial score (nSPS) is 11.3. The Kier molecular flexibility index (Phi) is 6.83. The highest BCUT2D eigenvalue weighted by molar-refractivity contribution is 7.92. The number of anilines is 1. The quantitative estimate of drug-likeness (QED) is 0.566. The number of sulfonamides is 1. The van der Waals surface area contributed by atoms with E-state index >= 15 is 0 Å². The second kappa shape index (κ2) is 9.53. The molecule has 0 aliphatic heterocycles. The fourth-order valence-corrected chi connectivity index (χ4v) is 3.96. The molecule has 1 N–H and O–H groups in total. The average Bonchev–Trinajstić information content (AvgIpc) is 3.25. The Bertz CT molecular complexity index is 1080. The Morgan fingerprint density at radius 2 is 1.90 bits per heavy atom. The predicted molar refractivity (Wildman–Crippen MR) is 113 cm³/mol. The van der Waals surface area contributed by atoms with E-state index in [0.29, 0.717) is 6.54 Å². The molecule has 158 valence electrons. The zero-order valence-electron chi connectivity index (χ0n) is 16.5. The highest BCUT2D eigenvalue weighted by Crippen LogP contribution is 2.21. The maximum atomic E-state index is 14.0. The standard InChI is InChI=1S/C21H23FN4O3S/c1-30(28,29)26(20-6-3-2-5-19(20)22)13-4-7-21(27)24-15-17-8-10-18(11-9-17)25-14-12-23-16-25/h2-3,5-6,8-12,14,16H,4,7,13,15H2,1H3,(H,24,27). The van der Waals surface area contributed by atoms with E-state index in [9.17, 15) is 17.6 Å². The van der Waals surface area contributed by atoms with Gasteiger partial charge in [-0.05, 0) is 36.2 Å². The van der Waals surface area contributed by atoms with Crippen molar-refractivity contribution in [1.29, 1.82) is 0 Å². The molecule has 0 aliphatic carbocycles. The van der Waals surface area contributed by atoms with Crippen LogP contribution in [0.15, 0.2) is 67.3 Å². The molecule has 0 fully saturated rings. The van der Waals surface area contributed by atoms with E-state index in [1.54, 1.807) is 18.6 Å². The molecule has 1 amide bonds. The molecule has 2 aromatic carbocycles. The summed E-state index contributed by atoms with van der Waals surface area (Å²) in [7, 11) is -3.66. The van der Waals surface area contributed by atoms with Crippen LogP contribution in [0.25, 0.3) is 5.69 Å². The topological polar surface area (TPSA) is 84.3 Å². The van der Waals surface area contributed by atoms with Crippen molar-refractivity contribution in [3.63, 3.8) is 0 Å². The Hall–Kier alpha value is -3.20. The lowest BCUT2D eigenvalue weighted by Gasteiger charge is -2.22. The monoisotopic (exact) mass is 430 g/mol. The molecule has 0 radical (unpaired) electrons. The Morgan fingerprint density at radius 1 is 1.17 bits per heavy atom. The lowest BCUT2D eigenvalue weighted by atomic mass is 10.2. The van der Waals surface area contributed by atoms with Crippen molar-refractivity contribution in [2.45, 2.75) is 19.4 Å². The molecule has 0 spiro atoms. The third-order valence-corrected chi connectivity index (χ3v) is 5.70. The number of amides is 1. The number of aromatic nitrogens is 2. The van der Waals surface area contributed by atoms with Crippen molar-refractivity contribution >= 4 is 21.6 Å². The smallest absolute Gasteiger partial charge is 0.232 e. The minimum atomic E-state index is -3.66. The molecule has 0 unspecified atom stereocenters. The number of halogens is 1. The second-order valence-corrected chi connectivity index (χ2v) is 8.71. The van der Waals surface area contributed by atoms with Crippen molar-refractivity contribution < 1.29 is 17.6 Å². The zero-order valence-corrected chi connectivity index (χ0v) is 17.3. The van der Waals surface area contributed by atoms with Crippen LogP contribution in [0.3, 0.4) is 0 Å². The van der Waals surface area contributed by atoms with Crippen LogP contribution in [0.5, 0.6) is 0 Å². The minimum absolute atomic E-state index is 0.0154. The number of nitrogens with one attached hydrogen (secondary N) is 1. The summed E-state index contributed by atoms with van der Waals surface area (Å²) in [6.07, 6.45) is 6.67. The number of hydrogen-bond donors (Lipinski definition) is 1. The Labute approximate surface area is 175 Å². The summed E-state index contributed by atoms with van der Waals surface area (Å²) in [4.78, 5) is 16.1. The van der Waals surface area contributed by atoms with Gasteiger partial charge in [-0.25, -0.2) is 17.8 Å². The number of rotatable bonds is 9. The van der Waals surface area contributed by atoms with E-state index in [4.69, 9.17) is 0 Å². The molecule has 1 heterocycles. The zero-order chi connectivity index (χ0) is 21.6. The minimum Gasteiger partial charge on any atom is -0.352 e. The highest BCUT2D eigenvalue weighted by atomic mass is 32.2. The molecular formula is C21H23FN4O3S. The predicted octanol–water partition coefficient (Wildman–Crippen LogP) is 2.87. The van der Waals surface area contributed by atoms with Gasteiger partial charge >= 0.3 is 0 Å². The van der Waals surface area contributed by atoms with E-state index in [1.807, 2.05) is 35.0 Å². The van der Waals surface area contributed by atoms with Gasteiger partial charge in [-0.15, -0.1) is 0 Å². The maximum Gasteiger partial charge on any atom is 0.232 e. The summed E-state index contributed by atoms with van der Waals surface area (Å²) in [5.41, 5.74) is 1.89. The van der Waals surface area contributed by atoms with Crippen LogP contribution >= 0.6 is 0 Å². The summed E-state index contributed by atoms with van der Waals surface area (Å²) in [5, 5.41) is 2.82. The fourth-order valence-electron chi connectivity index (χ4n) is 2.99. The number of hydrogen-bond acceptors (Lipinski definition) is 4. The molecule has 7 nitrogen and oxygen atoms in total. The van der Waals surface area contributed by atoms with Crippen LogP contribution in [-0.2, 0) is 21.4 Å². The van der Waals surface area contributed by atoms with E-state index in [0.717, 1.165) is 21.8 Å². The summed E-state index contributed by atoms with van der Waals surface area (Å²) in [5.74, 6) is -0.817. The molecule has 0 bridgehead atoms. The summed E-state index contributed by atoms with van der Waals surface area (Å²) >= 11 is 0. The van der Waals surface area contributed by atoms with Crippen LogP contribution < -0.4 is 9.62 Å². The Balaban J connectivity index is 1.50. The largest absolute Gasteiger partial charge is 0.352 e. The van der Waals surface area contributed by atoms with Gasteiger partial charge < -0.3 is 9.88 Å². The Morgan fingerprint density at radius 3 is 2.53 bits per heavy atom. The first-order valence-corrected chi connectivity index (χ1v) is 11.3. The molecule has 0 atom stereocenters. The van der Waals surface area contributed by atoms with Crippen LogP contribution in [-0.4, -0.2) is 36.7 Å². The summed E-state index contributed by atoms with van der Waals surface area (Å²) in [6, 6.07) is 13.4. The molecule has 1 aromatic heterocycles. The third kappa shape index (κ3) is 5.66. The molecule has 30 heavy (non-hydrogen) atoms. The summed E-state index contributed by atoms with van der Waals surface area (Å²) < 4.78 is 40.9. The number of nitrogens with zero attached hydrogens (tertiary/aromatic N) is 3. The van der Waals surface area contributed by atoms with Gasteiger partial charge in [-0.1, -0.05) is 24.3 Å². The molecule has 0 aliphatic rings. The van der Waals surface area contributed by atoms with Crippen LogP contribution in [0, 0.1) is 5.82 Å². The first-order chi connectivity index (χ1) is 14.3. The first kappa shape index (κ1) is 21.5. The van der Waals surface area contributed by atoms with Crippen molar-refractivity contribution in [3.8, 4) is 5.69 Å². The molecule has 0 saturated heterocycles. The van der Waals surface area contributed by atoms with Gasteiger partial charge in [0, 0.05) is 37.6 Å². The average molecular weight is 431 g/mol. The number of imidazole rings is 1. The molecular weight excluding hydrogens is 407 g/mol. The van der Waals surface area contributed by atoms with Crippen molar-refractivity contribution in [2.24, 2.45) is 0 Å². The van der Waals surface area contributed by atoms with Crippen LogP contribution in [0.2, 0.25) is 0 Å². The van der Waals surface area contributed by atoms with Gasteiger partial charge in [-0.2, -0.15) is 0 Å². The van der Waals surface area contributed by atoms with Gasteiger partial charge in [0.25, 0.3) is 0 Å². The molecule has 3 aromatic rings. The van der Waals surface area contributed by atoms with Gasteiger partial charge in [0.2, 0.25) is 15.9 Å². The first-order valence-electron chi connectivity index (χ1n) is 9.41. The lowest BCUT2D eigenvalue weighted by molar-refractivity contribution is -0.121. The van der Waals surface area contributed by atoms with E-state index < -0.39 is 15.8 Å². The fraction of sp³-hybridized carbons (Fsp3) is 0.238. The third-order valence-electron chi connectivity index (χ3n) is 4.52. The highest BCUT2D eigenvalue weighted by Gasteiger charge is 2.20.